The van der Waals surface area contributed by atoms with Crippen molar-refractivity contribution in [3.8, 4) is 0 Å². The maximum absolute atomic E-state index is 13.2. The standard InChI is InChI=1S/C14H14F3N3O2S/c1-7-4-18-12(23-7)5-19-14(22)20-11(6-21)8-2-9(15)13(17)10(16)3-8/h2-4,11,21H,5-6H2,1H3,(H2,19,20,22). The first-order chi connectivity index (χ1) is 10.9. The van der Waals surface area contributed by atoms with Gasteiger partial charge in [0.1, 0.15) is 5.01 Å². The highest BCUT2D eigenvalue weighted by molar-refractivity contribution is 7.11. The van der Waals surface area contributed by atoms with Crippen LogP contribution in [0, 0.1) is 24.4 Å². The number of urea groups is 1. The Morgan fingerprint density at radius 1 is 1.35 bits per heavy atom. The minimum atomic E-state index is -1.60. The van der Waals surface area contributed by atoms with Gasteiger partial charge in [0.05, 0.1) is 19.2 Å². The molecular weight excluding hydrogens is 331 g/mol. The SMILES string of the molecule is Cc1cnc(CNC(=O)NC(CO)c2cc(F)c(F)c(F)c2)s1. The van der Waals surface area contributed by atoms with E-state index < -0.39 is 36.1 Å². The van der Waals surface area contributed by atoms with Crippen molar-refractivity contribution in [1.82, 2.24) is 15.6 Å². The van der Waals surface area contributed by atoms with E-state index in [1.54, 1.807) is 6.20 Å². The molecule has 2 amide bonds. The minimum Gasteiger partial charge on any atom is -0.394 e. The second-order valence-corrected chi connectivity index (χ2v) is 6.04. The van der Waals surface area contributed by atoms with E-state index in [9.17, 15) is 23.1 Å². The fraction of sp³-hybridized carbons (Fsp3) is 0.286. The van der Waals surface area contributed by atoms with E-state index in [2.05, 4.69) is 15.6 Å². The predicted octanol–water partition coefficient (Wildman–Crippen LogP) is 2.40. The number of rotatable bonds is 5. The van der Waals surface area contributed by atoms with Crippen LogP contribution in [-0.4, -0.2) is 22.7 Å². The number of aliphatic hydroxyl groups excluding tert-OH is 1. The molecule has 0 aliphatic rings. The highest BCUT2D eigenvalue weighted by atomic mass is 32.1. The number of halogens is 3. The lowest BCUT2D eigenvalue weighted by atomic mass is 10.1. The number of aromatic nitrogens is 1. The molecule has 1 aromatic heterocycles. The van der Waals surface area contributed by atoms with Gasteiger partial charge in [-0.15, -0.1) is 11.3 Å². The second kappa shape index (κ2) is 7.42. The lowest BCUT2D eigenvalue weighted by Gasteiger charge is -2.17. The maximum Gasteiger partial charge on any atom is 0.315 e. The molecule has 0 radical (unpaired) electrons. The molecule has 0 fully saturated rings. The van der Waals surface area contributed by atoms with Crippen molar-refractivity contribution in [2.75, 3.05) is 6.61 Å². The number of carbonyl (C=O) groups is 1. The zero-order valence-electron chi connectivity index (χ0n) is 12.1. The highest BCUT2D eigenvalue weighted by Crippen LogP contribution is 2.19. The smallest absolute Gasteiger partial charge is 0.315 e. The average Bonchev–Trinajstić information content (AvgIpc) is 2.93. The molecule has 1 heterocycles. The van der Waals surface area contributed by atoms with Crippen molar-refractivity contribution < 1.29 is 23.1 Å². The minimum absolute atomic E-state index is 0.0795. The van der Waals surface area contributed by atoms with Crippen molar-refractivity contribution in [2.24, 2.45) is 0 Å². The number of carbonyl (C=O) groups excluding carboxylic acids is 1. The molecule has 0 aliphatic heterocycles. The quantitative estimate of drug-likeness (QED) is 0.729. The first-order valence-electron chi connectivity index (χ1n) is 6.61. The zero-order valence-corrected chi connectivity index (χ0v) is 12.9. The van der Waals surface area contributed by atoms with Gasteiger partial charge in [-0.2, -0.15) is 0 Å². The maximum atomic E-state index is 13.2. The van der Waals surface area contributed by atoms with Crippen LogP contribution in [-0.2, 0) is 6.54 Å². The van der Waals surface area contributed by atoms with Gasteiger partial charge < -0.3 is 15.7 Å². The van der Waals surface area contributed by atoms with Crippen molar-refractivity contribution >= 4 is 17.4 Å². The Morgan fingerprint density at radius 3 is 2.52 bits per heavy atom. The molecule has 0 aliphatic carbocycles. The summed E-state index contributed by atoms with van der Waals surface area (Å²) >= 11 is 1.41. The number of hydrogen-bond acceptors (Lipinski definition) is 4. The van der Waals surface area contributed by atoms with Gasteiger partial charge in [0.15, 0.2) is 17.5 Å². The molecule has 3 N–H and O–H groups in total. The third-order valence-electron chi connectivity index (χ3n) is 2.97. The fourth-order valence-electron chi connectivity index (χ4n) is 1.86. The molecule has 124 valence electrons. The number of amides is 2. The Kier molecular flexibility index (Phi) is 5.56. The molecular formula is C14H14F3N3O2S. The number of hydrogen-bond donors (Lipinski definition) is 3. The van der Waals surface area contributed by atoms with Crippen LogP contribution in [0.3, 0.4) is 0 Å². The van der Waals surface area contributed by atoms with Crippen molar-refractivity contribution in [2.45, 2.75) is 19.5 Å². The van der Waals surface area contributed by atoms with E-state index in [1.807, 2.05) is 6.92 Å². The van der Waals surface area contributed by atoms with Crippen LogP contribution in [0.4, 0.5) is 18.0 Å². The van der Waals surface area contributed by atoms with Gasteiger partial charge in [-0.05, 0) is 24.6 Å². The average molecular weight is 345 g/mol. The summed E-state index contributed by atoms with van der Waals surface area (Å²) in [5.41, 5.74) is -0.0795. The third kappa shape index (κ3) is 4.42. The monoisotopic (exact) mass is 345 g/mol. The first kappa shape index (κ1) is 17.2. The number of aryl methyl sites for hydroxylation is 1. The van der Waals surface area contributed by atoms with Gasteiger partial charge in [0.25, 0.3) is 0 Å². The Labute approximate surface area is 134 Å². The van der Waals surface area contributed by atoms with Crippen molar-refractivity contribution in [3.63, 3.8) is 0 Å². The topological polar surface area (TPSA) is 74.2 Å². The van der Waals surface area contributed by atoms with Gasteiger partial charge in [0, 0.05) is 11.1 Å². The summed E-state index contributed by atoms with van der Waals surface area (Å²) in [5.74, 6) is -4.38. The molecule has 0 bridgehead atoms. The predicted molar refractivity (Wildman–Crippen MR) is 78.4 cm³/mol. The van der Waals surface area contributed by atoms with E-state index in [1.165, 1.54) is 11.3 Å². The van der Waals surface area contributed by atoms with Gasteiger partial charge in [-0.1, -0.05) is 0 Å². The van der Waals surface area contributed by atoms with Crippen molar-refractivity contribution in [3.05, 3.63) is 51.2 Å². The lowest BCUT2D eigenvalue weighted by molar-refractivity contribution is 0.216. The van der Waals surface area contributed by atoms with Crippen LogP contribution in [0.25, 0.3) is 0 Å². The lowest BCUT2D eigenvalue weighted by Crippen LogP contribution is -2.39. The second-order valence-electron chi connectivity index (χ2n) is 4.73. The fourth-order valence-corrected chi connectivity index (χ4v) is 2.59. The number of aliphatic hydroxyl groups is 1. The summed E-state index contributed by atoms with van der Waals surface area (Å²) < 4.78 is 39.4. The normalized spacial score (nSPS) is 12.0. The van der Waals surface area contributed by atoms with Gasteiger partial charge in [-0.3, -0.25) is 0 Å². The molecule has 1 unspecified atom stereocenters. The number of thiazole rings is 1. The van der Waals surface area contributed by atoms with Gasteiger partial charge >= 0.3 is 6.03 Å². The van der Waals surface area contributed by atoms with Crippen LogP contribution in [0.15, 0.2) is 18.3 Å². The molecule has 0 saturated heterocycles. The van der Waals surface area contributed by atoms with Crippen molar-refractivity contribution in [1.29, 1.82) is 0 Å². The van der Waals surface area contributed by atoms with Gasteiger partial charge in [0.2, 0.25) is 0 Å². The largest absolute Gasteiger partial charge is 0.394 e. The summed E-state index contributed by atoms with van der Waals surface area (Å²) in [6.07, 6.45) is 1.67. The number of nitrogens with zero attached hydrogens (tertiary/aromatic N) is 1. The van der Waals surface area contributed by atoms with E-state index in [0.717, 1.165) is 17.0 Å². The summed E-state index contributed by atoms with van der Waals surface area (Å²) in [6, 6.07) is -0.271. The highest BCUT2D eigenvalue weighted by Gasteiger charge is 2.18. The third-order valence-corrected chi connectivity index (χ3v) is 3.88. The first-order valence-corrected chi connectivity index (χ1v) is 7.43. The number of nitrogens with one attached hydrogen (secondary N) is 2. The number of benzene rings is 1. The molecule has 0 spiro atoms. The van der Waals surface area contributed by atoms with Gasteiger partial charge in [-0.25, -0.2) is 22.9 Å². The molecule has 5 nitrogen and oxygen atoms in total. The Hall–Kier alpha value is -2.13. The van der Waals surface area contributed by atoms with Crippen LogP contribution < -0.4 is 10.6 Å². The van der Waals surface area contributed by atoms with Crippen LogP contribution >= 0.6 is 11.3 Å². The summed E-state index contributed by atoms with van der Waals surface area (Å²) in [5, 5.41) is 14.8. The van der Waals surface area contributed by atoms with Crippen LogP contribution in [0.5, 0.6) is 0 Å². The van der Waals surface area contributed by atoms with Crippen LogP contribution in [0.2, 0.25) is 0 Å². The molecule has 2 rings (SSSR count). The Bertz CT molecular complexity index is 685. The zero-order chi connectivity index (χ0) is 17.0. The summed E-state index contributed by atoms with van der Waals surface area (Å²) in [6.45, 7) is 1.45. The van der Waals surface area contributed by atoms with E-state index in [-0.39, 0.29) is 12.1 Å². The molecule has 1 aromatic carbocycles. The summed E-state index contributed by atoms with van der Waals surface area (Å²) in [4.78, 5) is 16.8. The molecule has 23 heavy (non-hydrogen) atoms. The Morgan fingerprint density at radius 2 is 2.00 bits per heavy atom. The molecule has 0 saturated carbocycles. The molecule has 9 heteroatoms. The summed E-state index contributed by atoms with van der Waals surface area (Å²) in [7, 11) is 0. The molecule has 2 aromatic rings. The van der Waals surface area contributed by atoms with Crippen LogP contribution in [0.1, 0.15) is 21.5 Å². The van der Waals surface area contributed by atoms with E-state index >= 15 is 0 Å². The van der Waals surface area contributed by atoms with E-state index in [4.69, 9.17) is 0 Å². The molecule has 1 atom stereocenters. The Balaban J connectivity index is 1.99. The van der Waals surface area contributed by atoms with E-state index in [0.29, 0.717) is 5.01 Å².